The van der Waals surface area contributed by atoms with Gasteiger partial charge in [0.25, 0.3) is 0 Å². The van der Waals surface area contributed by atoms with Crippen molar-refractivity contribution in [2.75, 3.05) is 0 Å². The van der Waals surface area contributed by atoms with Crippen LogP contribution in [0.1, 0.15) is 0 Å². The predicted octanol–water partition coefficient (Wildman–Crippen LogP) is 4.52. The monoisotopic (exact) mass is 278 g/mol. The van der Waals surface area contributed by atoms with E-state index in [2.05, 4.69) is 22.0 Å². The molecule has 0 saturated heterocycles. The molecule has 0 fully saturated rings. The topological polar surface area (TPSA) is 20.2 Å². The second-order valence-corrected chi connectivity index (χ2v) is 5.31. The zero-order chi connectivity index (χ0) is 10.4. The lowest BCUT2D eigenvalue weighted by atomic mass is 10.1. The van der Waals surface area contributed by atoms with Crippen molar-refractivity contribution in [3.05, 3.63) is 40.9 Å². The van der Waals surface area contributed by atoms with Crippen LogP contribution in [0.4, 0.5) is 0 Å². The van der Waals surface area contributed by atoms with Crippen molar-refractivity contribution in [2.24, 2.45) is 0 Å². The molecule has 0 bridgehead atoms. The fourth-order valence-corrected chi connectivity index (χ4v) is 3.21. The lowest BCUT2D eigenvalue weighted by Crippen LogP contribution is -1.70. The van der Waals surface area contributed by atoms with Gasteiger partial charge in [-0.15, -0.1) is 11.3 Å². The number of halogens is 1. The number of hydrogen-bond donors (Lipinski definition) is 1. The number of phenols is 1. The van der Waals surface area contributed by atoms with E-state index in [1.165, 1.54) is 4.70 Å². The lowest BCUT2D eigenvalue weighted by molar-refractivity contribution is 0.479. The van der Waals surface area contributed by atoms with Gasteiger partial charge in [0.05, 0.1) is 4.47 Å². The van der Waals surface area contributed by atoms with Crippen molar-refractivity contribution in [2.45, 2.75) is 0 Å². The van der Waals surface area contributed by atoms with Gasteiger partial charge in [-0.25, -0.2) is 0 Å². The third kappa shape index (κ3) is 1.27. The Hall–Kier alpha value is -1.06. The molecule has 0 amide bonds. The van der Waals surface area contributed by atoms with Crippen molar-refractivity contribution in [3.8, 4) is 5.75 Å². The van der Waals surface area contributed by atoms with Gasteiger partial charge in [-0.1, -0.05) is 18.2 Å². The zero-order valence-corrected chi connectivity index (χ0v) is 10.1. The second-order valence-electron chi connectivity index (χ2n) is 3.37. The van der Waals surface area contributed by atoms with Crippen LogP contribution in [-0.2, 0) is 0 Å². The molecule has 0 aliphatic heterocycles. The van der Waals surface area contributed by atoms with E-state index in [0.717, 1.165) is 19.9 Å². The average Bonchev–Trinajstić information content (AvgIpc) is 2.62. The van der Waals surface area contributed by atoms with Gasteiger partial charge in [-0.3, -0.25) is 0 Å². The molecular formula is C12H7BrOS. The third-order valence-electron chi connectivity index (χ3n) is 2.47. The summed E-state index contributed by atoms with van der Waals surface area (Å²) in [6.45, 7) is 0. The highest BCUT2D eigenvalue weighted by Gasteiger charge is 2.10. The zero-order valence-electron chi connectivity index (χ0n) is 7.70. The molecule has 1 N–H and O–H groups in total. The number of aromatic hydroxyl groups is 1. The Morgan fingerprint density at radius 2 is 1.80 bits per heavy atom. The maximum atomic E-state index is 10.0. The standard InChI is InChI=1S/C12H7BrOS/c13-8-5-6-10-11(12(8)14)7-3-1-2-4-9(7)15-10/h1-6,14H. The summed E-state index contributed by atoms with van der Waals surface area (Å²) in [6, 6.07) is 12.0. The van der Waals surface area contributed by atoms with Crippen LogP contribution in [0.15, 0.2) is 40.9 Å². The molecule has 1 nitrogen and oxygen atoms in total. The first-order valence-electron chi connectivity index (χ1n) is 4.56. The highest BCUT2D eigenvalue weighted by Crippen LogP contribution is 2.41. The minimum absolute atomic E-state index is 0.338. The summed E-state index contributed by atoms with van der Waals surface area (Å²) in [7, 11) is 0. The van der Waals surface area contributed by atoms with Crippen LogP contribution >= 0.6 is 27.3 Å². The Morgan fingerprint density at radius 3 is 2.67 bits per heavy atom. The molecule has 2 aromatic carbocycles. The molecule has 0 saturated carbocycles. The van der Waals surface area contributed by atoms with Gasteiger partial charge in [0, 0.05) is 20.2 Å². The quantitative estimate of drug-likeness (QED) is 0.641. The molecule has 0 unspecified atom stereocenters. The molecule has 0 aliphatic rings. The van der Waals surface area contributed by atoms with Crippen LogP contribution in [0.5, 0.6) is 5.75 Å². The predicted molar refractivity (Wildman–Crippen MR) is 68.7 cm³/mol. The fourth-order valence-electron chi connectivity index (χ4n) is 1.77. The van der Waals surface area contributed by atoms with Crippen LogP contribution < -0.4 is 0 Å². The molecule has 3 rings (SSSR count). The molecule has 1 aromatic heterocycles. The van der Waals surface area contributed by atoms with Crippen molar-refractivity contribution in [3.63, 3.8) is 0 Å². The van der Waals surface area contributed by atoms with Crippen LogP contribution in [0, 0.1) is 0 Å². The Labute approximate surface area is 99.1 Å². The largest absolute Gasteiger partial charge is 0.506 e. The summed E-state index contributed by atoms with van der Waals surface area (Å²) in [5, 5.41) is 12.1. The molecular weight excluding hydrogens is 272 g/mol. The molecule has 0 spiro atoms. The highest BCUT2D eigenvalue weighted by atomic mass is 79.9. The van der Waals surface area contributed by atoms with Gasteiger partial charge in [0.2, 0.25) is 0 Å². The van der Waals surface area contributed by atoms with Crippen molar-refractivity contribution >= 4 is 47.4 Å². The van der Waals surface area contributed by atoms with E-state index >= 15 is 0 Å². The van der Waals surface area contributed by atoms with Gasteiger partial charge in [0.1, 0.15) is 5.75 Å². The number of thiophene rings is 1. The molecule has 0 atom stereocenters. The molecule has 0 aliphatic carbocycles. The molecule has 0 radical (unpaired) electrons. The summed E-state index contributed by atoms with van der Waals surface area (Å²) in [5.41, 5.74) is 0. The maximum absolute atomic E-state index is 10.0. The minimum Gasteiger partial charge on any atom is -0.506 e. The number of benzene rings is 2. The SMILES string of the molecule is Oc1c(Br)ccc2sc3ccccc3c12. The Balaban J connectivity index is 2.63. The first-order valence-corrected chi connectivity index (χ1v) is 6.17. The van der Waals surface area contributed by atoms with Crippen molar-refractivity contribution in [1.29, 1.82) is 0 Å². The summed E-state index contributed by atoms with van der Waals surface area (Å²) >= 11 is 5.05. The first-order chi connectivity index (χ1) is 7.27. The van der Waals surface area contributed by atoms with Gasteiger partial charge >= 0.3 is 0 Å². The number of hydrogen-bond acceptors (Lipinski definition) is 2. The average molecular weight is 279 g/mol. The summed E-state index contributed by atoms with van der Waals surface area (Å²) in [4.78, 5) is 0. The van der Waals surface area contributed by atoms with E-state index in [-0.39, 0.29) is 0 Å². The molecule has 74 valence electrons. The summed E-state index contributed by atoms with van der Waals surface area (Å²) in [5.74, 6) is 0.338. The second kappa shape index (κ2) is 3.22. The van der Waals surface area contributed by atoms with E-state index < -0.39 is 0 Å². The van der Waals surface area contributed by atoms with Gasteiger partial charge in [-0.2, -0.15) is 0 Å². The smallest absolute Gasteiger partial charge is 0.139 e. The Bertz CT molecular complexity index is 657. The van der Waals surface area contributed by atoms with E-state index in [0.29, 0.717) is 5.75 Å². The molecule has 3 aromatic rings. The number of phenolic OH excluding ortho intramolecular Hbond substituents is 1. The van der Waals surface area contributed by atoms with Crippen LogP contribution in [-0.4, -0.2) is 5.11 Å². The van der Waals surface area contributed by atoms with E-state index in [4.69, 9.17) is 0 Å². The number of rotatable bonds is 0. The minimum atomic E-state index is 0.338. The fraction of sp³-hybridized carbons (Fsp3) is 0. The van der Waals surface area contributed by atoms with Gasteiger partial charge in [0.15, 0.2) is 0 Å². The van der Waals surface area contributed by atoms with E-state index in [1.54, 1.807) is 11.3 Å². The van der Waals surface area contributed by atoms with Crippen LogP contribution in [0.25, 0.3) is 20.2 Å². The normalized spacial score (nSPS) is 11.3. The van der Waals surface area contributed by atoms with Crippen LogP contribution in [0.3, 0.4) is 0 Å². The molecule has 1 heterocycles. The Morgan fingerprint density at radius 1 is 1.00 bits per heavy atom. The van der Waals surface area contributed by atoms with E-state index in [9.17, 15) is 5.11 Å². The lowest BCUT2D eigenvalue weighted by Gasteiger charge is -1.98. The van der Waals surface area contributed by atoms with Crippen molar-refractivity contribution in [1.82, 2.24) is 0 Å². The third-order valence-corrected chi connectivity index (χ3v) is 4.24. The molecule has 15 heavy (non-hydrogen) atoms. The van der Waals surface area contributed by atoms with Gasteiger partial charge in [-0.05, 0) is 34.1 Å². The maximum Gasteiger partial charge on any atom is 0.139 e. The molecule has 3 heteroatoms. The summed E-state index contributed by atoms with van der Waals surface area (Å²) in [6.07, 6.45) is 0. The number of fused-ring (bicyclic) bond motifs is 3. The first kappa shape index (κ1) is 9.19. The van der Waals surface area contributed by atoms with Gasteiger partial charge < -0.3 is 5.11 Å². The van der Waals surface area contributed by atoms with Crippen molar-refractivity contribution < 1.29 is 5.11 Å². The van der Waals surface area contributed by atoms with E-state index in [1.807, 2.05) is 30.3 Å². The Kier molecular flexibility index (Phi) is 1.97. The summed E-state index contributed by atoms with van der Waals surface area (Å²) < 4.78 is 3.08. The van der Waals surface area contributed by atoms with Crippen LogP contribution in [0.2, 0.25) is 0 Å². The highest BCUT2D eigenvalue weighted by molar-refractivity contribution is 9.10.